The van der Waals surface area contributed by atoms with Crippen molar-refractivity contribution in [3.05, 3.63) is 24.3 Å². The van der Waals surface area contributed by atoms with Gasteiger partial charge in [-0.05, 0) is 43.0 Å². The van der Waals surface area contributed by atoms with Crippen molar-refractivity contribution >= 4 is 5.69 Å². The Morgan fingerprint density at radius 1 is 1.27 bits per heavy atom. The van der Waals surface area contributed by atoms with Crippen molar-refractivity contribution in [2.45, 2.75) is 12.8 Å². The van der Waals surface area contributed by atoms with Crippen molar-refractivity contribution < 1.29 is 10.2 Å². The number of aliphatic hydroxyl groups is 1. The van der Waals surface area contributed by atoms with Gasteiger partial charge in [-0.2, -0.15) is 0 Å². The summed E-state index contributed by atoms with van der Waals surface area (Å²) < 4.78 is 0. The molecule has 1 saturated heterocycles. The molecule has 0 bridgehead atoms. The molecule has 2 rings (SSSR count). The summed E-state index contributed by atoms with van der Waals surface area (Å²) in [5, 5.41) is 18.3. The minimum Gasteiger partial charge on any atom is -0.508 e. The molecule has 0 amide bonds. The van der Waals surface area contributed by atoms with Crippen molar-refractivity contribution in [3.63, 3.8) is 0 Å². The maximum atomic E-state index is 9.19. The number of benzene rings is 1. The van der Waals surface area contributed by atoms with E-state index in [0.717, 1.165) is 31.6 Å². The zero-order valence-corrected chi connectivity index (χ0v) is 8.76. The molecule has 1 atom stereocenters. The number of hydrogen-bond donors (Lipinski definition) is 2. The Kier molecular flexibility index (Phi) is 3.11. The fraction of sp³-hybridized carbons (Fsp3) is 0.500. The molecule has 15 heavy (non-hydrogen) atoms. The summed E-state index contributed by atoms with van der Waals surface area (Å²) in [5.41, 5.74) is 1.13. The van der Waals surface area contributed by atoms with Crippen molar-refractivity contribution in [1.29, 1.82) is 0 Å². The van der Waals surface area contributed by atoms with Crippen LogP contribution in [0.1, 0.15) is 12.8 Å². The summed E-state index contributed by atoms with van der Waals surface area (Å²) in [6.45, 7) is 2.23. The third kappa shape index (κ3) is 2.42. The number of rotatable bonds is 2. The average molecular weight is 207 g/mol. The summed E-state index contributed by atoms with van der Waals surface area (Å²) in [6, 6.07) is 7.26. The van der Waals surface area contributed by atoms with Gasteiger partial charge in [-0.1, -0.05) is 0 Å². The van der Waals surface area contributed by atoms with Gasteiger partial charge in [0.1, 0.15) is 5.75 Å². The van der Waals surface area contributed by atoms with Crippen LogP contribution in [0.3, 0.4) is 0 Å². The van der Waals surface area contributed by atoms with E-state index in [1.807, 2.05) is 12.1 Å². The smallest absolute Gasteiger partial charge is 0.115 e. The van der Waals surface area contributed by atoms with Crippen molar-refractivity contribution in [1.82, 2.24) is 0 Å². The highest BCUT2D eigenvalue weighted by molar-refractivity contribution is 5.49. The first-order chi connectivity index (χ1) is 7.29. The van der Waals surface area contributed by atoms with Gasteiger partial charge in [0.15, 0.2) is 0 Å². The minimum atomic E-state index is 0.272. The van der Waals surface area contributed by atoms with Crippen LogP contribution in [0.5, 0.6) is 5.75 Å². The van der Waals surface area contributed by atoms with Crippen LogP contribution in [0.2, 0.25) is 0 Å². The van der Waals surface area contributed by atoms with Gasteiger partial charge in [0.2, 0.25) is 0 Å². The molecule has 1 heterocycles. The van der Waals surface area contributed by atoms with Gasteiger partial charge >= 0.3 is 0 Å². The van der Waals surface area contributed by atoms with Gasteiger partial charge in [-0.15, -0.1) is 0 Å². The highest BCUT2D eigenvalue weighted by Gasteiger charge is 2.19. The van der Waals surface area contributed by atoms with Crippen LogP contribution in [0.15, 0.2) is 24.3 Å². The predicted molar refractivity (Wildman–Crippen MR) is 60.1 cm³/mol. The standard InChI is InChI=1S/C12H17NO2/c14-9-10-2-1-7-13(8-10)11-3-5-12(15)6-4-11/h3-6,10,14-15H,1-2,7-9H2. The first-order valence-electron chi connectivity index (χ1n) is 5.44. The molecule has 0 radical (unpaired) electrons. The Bertz CT molecular complexity index is 310. The van der Waals surface area contributed by atoms with E-state index in [1.54, 1.807) is 12.1 Å². The third-order valence-corrected chi connectivity index (χ3v) is 2.99. The van der Waals surface area contributed by atoms with E-state index in [9.17, 15) is 5.11 Å². The number of piperidine rings is 1. The van der Waals surface area contributed by atoms with Crippen molar-refractivity contribution in [2.24, 2.45) is 5.92 Å². The summed E-state index contributed by atoms with van der Waals surface area (Å²) >= 11 is 0. The van der Waals surface area contributed by atoms with Gasteiger partial charge in [0, 0.05) is 25.4 Å². The summed E-state index contributed by atoms with van der Waals surface area (Å²) in [6.07, 6.45) is 2.25. The first-order valence-corrected chi connectivity index (χ1v) is 5.44. The van der Waals surface area contributed by atoms with E-state index >= 15 is 0 Å². The molecule has 1 aliphatic rings. The molecular formula is C12H17NO2. The quantitative estimate of drug-likeness (QED) is 0.774. The average Bonchev–Trinajstić information content (AvgIpc) is 2.30. The first kappa shape index (κ1) is 10.3. The Morgan fingerprint density at radius 3 is 2.67 bits per heavy atom. The van der Waals surface area contributed by atoms with Crippen LogP contribution in [-0.4, -0.2) is 29.9 Å². The van der Waals surface area contributed by atoms with E-state index in [2.05, 4.69) is 4.90 Å². The Labute approximate surface area is 90.0 Å². The molecule has 1 fully saturated rings. The SMILES string of the molecule is OCC1CCCN(c2ccc(O)cc2)C1. The lowest BCUT2D eigenvalue weighted by Crippen LogP contribution is -2.36. The van der Waals surface area contributed by atoms with Crippen LogP contribution in [0.4, 0.5) is 5.69 Å². The molecule has 1 aromatic carbocycles. The van der Waals surface area contributed by atoms with Gasteiger partial charge < -0.3 is 15.1 Å². The molecule has 1 aromatic rings. The maximum Gasteiger partial charge on any atom is 0.115 e. The minimum absolute atomic E-state index is 0.272. The topological polar surface area (TPSA) is 43.7 Å². The summed E-state index contributed by atoms with van der Waals surface area (Å²) in [4.78, 5) is 2.27. The fourth-order valence-electron chi connectivity index (χ4n) is 2.11. The van der Waals surface area contributed by atoms with Crippen molar-refractivity contribution in [2.75, 3.05) is 24.6 Å². The van der Waals surface area contributed by atoms with Crippen LogP contribution in [-0.2, 0) is 0 Å². The number of phenols is 1. The van der Waals surface area contributed by atoms with Crippen LogP contribution < -0.4 is 4.90 Å². The number of aromatic hydroxyl groups is 1. The molecular weight excluding hydrogens is 190 g/mol. The highest BCUT2D eigenvalue weighted by atomic mass is 16.3. The molecule has 0 saturated carbocycles. The Morgan fingerprint density at radius 2 is 2.00 bits per heavy atom. The lowest BCUT2D eigenvalue weighted by molar-refractivity contribution is 0.208. The largest absolute Gasteiger partial charge is 0.508 e. The zero-order valence-electron chi connectivity index (χ0n) is 8.76. The zero-order chi connectivity index (χ0) is 10.7. The van der Waals surface area contributed by atoms with Crippen LogP contribution in [0.25, 0.3) is 0 Å². The predicted octanol–water partition coefficient (Wildman–Crippen LogP) is 1.60. The lowest BCUT2D eigenvalue weighted by Gasteiger charge is -2.33. The molecule has 2 N–H and O–H groups in total. The van der Waals surface area contributed by atoms with E-state index in [4.69, 9.17) is 5.11 Å². The molecule has 1 unspecified atom stereocenters. The third-order valence-electron chi connectivity index (χ3n) is 2.99. The number of phenolic OH excluding ortho intramolecular Hbond substituents is 1. The van der Waals surface area contributed by atoms with Gasteiger partial charge in [0.25, 0.3) is 0 Å². The van der Waals surface area contributed by atoms with E-state index < -0.39 is 0 Å². The van der Waals surface area contributed by atoms with Gasteiger partial charge in [-0.3, -0.25) is 0 Å². The summed E-state index contributed by atoms with van der Waals surface area (Å²) in [7, 11) is 0. The molecule has 0 spiro atoms. The molecule has 3 nitrogen and oxygen atoms in total. The number of hydrogen-bond acceptors (Lipinski definition) is 3. The monoisotopic (exact) mass is 207 g/mol. The van der Waals surface area contributed by atoms with Crippen LogP contribution >= 0.6 is 0 Å². The van der Waals surface area contributed by atoms with Crippen LogP contribution in [0, 0.1) is 5.92 Å². The Balaban J connectivity index is 2.06. The highest BCUT2D eigenvalue weighted by Crippen LogP contribution is 2.24. The Hall–Kier alpha value is -1.22. The molecule has 0 aliphatic carbocycles. The molecule has 0 aromatic heterocycles. The van der Waals surface area contributed by atoms with E-state index in [1.165, 1.54) is 0 Å². The molecule has 1 aliphatic heterocycles. The fourth-order valence-corrected chi connectivity index (χ4v) is 2.11. The molecule has 82 valence electrons. The maximum absolute atomic E-state index is 9.19. The van der Waals surface area contributed by atoms with E-state index in [-0.39, 0.29) is 6.61 Å². The second-order valence-corrected chi connectivity index (χ2v) is 4.15. The second-order valence-electron chi connectivity index (χ2n) is 4.15. The number of anilines is 1. The number of nitrogens with zero attached hydrogens (tertiary/aromatic N) is 1. The van der Waals surface area contributed by atoms with Gasteiger partial charge in [-0.25, -0.2) is 0 Å². The lowest BCUT2D eigenvalue weighted by atomic mass is 9.98. The van der Waals surface area contributed by atoms with Crippen molar-refractivity contribution in [3.8, 4) is 5.75 Å². The number of aliphatic hydroxyl groups excluding tert-OH is 1. The van der Waals surface area contributed by atoms with Gasteiger partial charge in [0.05, 0.1) is 0 Å². The molecule has 3 heteroatoms. The van der Waals surface area contributed by atoms with E-state index in [0.29, 0.717) is 11.7 Å². The summed E-state index contributed by atoms with van der Waals surface area (Å²) in [5.74, 6) is 0.696. The second kappa shape index (κ2) is 4.53. The normalized spacial score (nSPS) is 21.7.